The first-order valence-corrected chi connectivity index (χ1v) is 6.90. The lowest BCUT2D eigenvalue weighted by atomic mass is 9.94. The maximum Gasteiger partial charge on any atom is 0.175 e. The molecule has 1 aromatic heterocycles. The van der Waals surface area contributed by atoms with Crippen LogP contribution in [-0.4, -0.2) is 17.9 Å². The Bertz CT molecular complexity index is 669. The molecular weight excluding hydrogens is 274 g/mol. The number of carbonyl (C=O) groups is 1. The van der Waals surface area contributed by atoms with Crippen molar-refractivity contribution < 1.29 is 9.53 Å². The molecule has 102 valence electrons. The molecule has 1 aliphatic rings. The first-order chi connectivity index (χ1) is 9.70. The van der Waals surface area contributed by atoms with Gasteiger partial charge in [0.05, 0.1) is 24.3 Å². The maximum atomic E-state index is 12.8. The van der Waals surface area contributed by atoms with Crippen LogP contribution in [0.3, 0.4) is 0 Å². The van der Waals surface area contributed by atoms with Gasteiger partial charge in [-0.2, -0.15) is 0 Å². The highest BCUT2D eigenvalue weighted by molar-refractivity contribution is 6.31. The van der Waals surface area contributed by atoms with Crippen LogP contribution in [0.1, 0.15) is 34.0 Å². The van der Waals surface area contributed by atoms with E-state index in [1.807, 2.05) is 12.1 Å². The van der Waals surface area contributed by atoms with Crippen LogP contribution in [0.2, 0.25) is 5.02 Å². The number of Topliss-reactive ketones (excluding diaryl/α,β-unsaturated/α-hetero) is 1. The van der Waals surface area contributed by atoms with Gasteiger partial charge in [0.1, 0.15) is 5.75 Å². The molecule has 0 fully saturated rings. The first kappa shape index (κ1) is 13.1. The van der Waals surface area contributed by atoms with Gasteiger partial charge in [-0.15, -0.1) is 0 Å². The van der Waals surface area contributed by atoms with Gasteiger partial charge < -0.3 is 4.74 Å². The van der Waals surface area contributed by atoms with E-state index in [1.165, 1.54) is 0 Å². The Balaban J connectivity index is 2.00. The summed E-state index contributed by atoms with van der Waals surface area (Å²) in [5.41, 5.74) is 2.58. The first-order valence-electron chi connectivity index (χ1n) is 6.52. The van der Waals surface area contributed by atoms with Gasteiger partial charge in [0.15, 0.2) is 5.78 Å². The number of pyridine rings is 1. The minimum atomic E-state index is -0.196. The number of ether oxygens (including phenoxy) is 1. The molecule has 4 heteroatoms. The summed E-state index contributed by atoms with van der Waals surface area (Å²) in [6.45, 7) is 0. The number of aryl methyl sites for hydroxylation is 1. The third-order valence-electron chi connectivity index (χ3n) is 3.70. The van der Waals surface area contributed by atoms with Crippen LogP contribution in [-0.2, 0) is 6.42 Å². The summed E-state index contributed by atoms with van der Waals surface area (Å²) in [5.74, 6) is 0.393. The lowest BCUT2D eigenvalue weighted by Gasteiger charge is -2.13. The molecule has 0 N–H and O–H groups in total. The Morgan fingerprint density at radius 1 is 1.40 bits per heavy atom. The number of carbonyl (C=O) groups excluding carboxylic acids is 1. The fraction of sp³-hybridized carbons (Fsp3) is 0.250. The topological polar surface area (TPSA) is 39.2 Å². The summed E-state index contributed by atoms with van der Waals surface area (Å²) in [6, 6.07) is 9.06. The van der Waals surface area contributed by atoms with Gasteiger partial charge in [-0.1, -0.05) is 17.7 Å². The fourth-order valence-electron chi connectivity index (χ4n) is 2.73. The lowest BCUT2D eigenvalue weighted by molar-refractivity contribution is 0.0955. The molecule has 0 saturated carbocycles. The minimum Gasteiger partial charge on any atom is -0.496 e. The van der Waals surface area contributed by atoms with E-state index in [0.29, 0.717) is 16.3 Å². The highest BCUT2D eigenvalue weighted by Gasteiger charge is 2.31. The second kappa shape index (κ2) is 5.25. The van der Waals surface area contributed by atoms with Crippen molar-refractivity contribution in [1.82, 2.24) is 4.98 Å². The van der Waals surface area contributed by atoms with Crippen molar-refractivity contribution in [3.63, 3.8) is 0 Å². The standard InChI is InChI=1S/C16H14ClNO2/c1-20-14-7-5-11(17)9-13(14)16(19)12-6-4-10-3-2-8-18-15(10)12/h2-3,5,7-9,12H,4,6H2,1H3. The number of hydrogen-bond donors (Lipinski definition) is 0. The van der Waals surface area contributed by atoms with Crippen molar-refractivity contribution in [2.45, 2.75) is 18.8 Å². The molecule has 0 spiro atoms. The normalized spacial score (nSPS) is 16.8. The molecule has 1 heterocycles. The number of aromatic nitrogens is 1. The summed E-state index contributed by atoms with van der Waals surface area (Å²) in [6.07, 6.45) is 3.42. The zero-order valence-corrected chi connectivity index (χ0v) is 11.9. The zero-order valence-electron chi connectivity index (χ0n) is 11.1. The second-order valence-corrected chi connectivity index (χ2v) is 5.28. The average molecular weight is 288 g/mol. The molecule has 2 aromatic rings. The molecule has 3 rings (SSSR count). The van der Waals surface area contributed by atoms with Crippen LogP contribution < -0.4 is 4.74 Å². The predicted octanol–water partition coefficient (Wildman–Crippen LogP) is 3.66. The van der Waals surface area contributed by atoms with Crippen molar-refractivity contribution >= 4 is 17.4 Å². The van der Waals surface area contributed by atoms with E-state index in [4.69, 9.17) is 16.3 Å². The molecule has 1 aliphatic carbocycles. The number of rotatable bonds is 3. The summed E-state index contributed by atoms with van der Waals surface area (Å²) in [4.78, 5) is 17.1. The number of fused-ring (bicyclic) bond motifs is 1. The monoisotopic (exact) mass is 287 g/mol. The van der Waals surface area contributed by atoms with E-state index in [0.717, 1.165) is 24.1 Å². The molecule has 20 heavy (non-hydrogen) atoms. The van der Waals surface area contributed by atoms with Gasteiger partial charge in [0, 0.05) is 11.2 Å². The zero-order chi connectivity index (χ0) is 14.1. The predicted molar refractivity (Wildman–Crippen MR) is 77.6 cm³/mol. The number of halogens is 1. The molecule has 0 saturated heterocycles. The van der Waals surface area contributed by atoms with Crippen molar-refractivity contribution in [1.29, 1.82) is 0 Å². The van der Waals surface area contributed by atoms with E-state index < -0.39 is 0 Å². The fourth-order valence-corrected chi connectivity index (χ4v) is 2.90. The van der Waals surface area contributed by atoms with Crippen LogP contribution in [0.15, 0.2) is 36.5 Å². The van der Waals surface area contributed by atoms with Crippen molar-refractivity contribution in [3.8, 4) is 5.75 Å². The van der Waals surface area contributed by atoms with Gasteiger partial charge in [-0.05, 0) is 42.7 Å². The number of hydrogen-bond acceptors (Lipinski definition) is 3. The molecule has 0 aliphatic heterocycles. The lowest BCUT2D eigenvalue weighted by Crippen LogP contribution is -2.12. The highest BCUT2D eigenvalue weighted by Crippen LogP contribution is 2.36. The summed E-state index contributed by atoms with van der Waals surface area (Å²) >= 11 is 6.00. The van der Waals surface area contributed by atoms with Gasteiger partial charge in [0.2, 0.25) is 0 Å². The van der Waals surface area contributed by atoms with Crippen molar-refractivity contribution in [2.24, 2.45) is 0 Å². The van der Waals surface area contributed by atoms with Gasteiger partial charge >= 0.3 is 0 Å². The summed E-state index contributed by atoms with van der Waals surface area (Å²) in [7, 11) is 1.56. The molecule has 3 nitrogen and oxygen atoms in total. The number of nitrogens with zero attached hydrogens (tertiary/aromatic N) is 1. The van der Waals surface area contributed by atoms with Gasteiger partial charge in [-0.3, -0.25) is 9.78 Å². The summed E-state index contributed by atoms with van der Waals surface area (Å²) in [5, 5.41) is 0.536. The molecule has 0 amide bonds. The average Bonchev–Trinajstić information content (AvgIpc) is 2.90. The Hall–Kier alpha value is -1.87. The molecule has 1 atom stereocenters. The Labute approximate surface area is 122 Å². The van der Waals surface area contributed by atoms with Crippen LogP contribution in [0.25, 0.3) is 0 Å². The quantitative estimate of drug-likeness (QED) is 0.809. The SMILES string of the molecule is COc1ccc(Cl)cc1C(=O)C1CCc2cccnc21. The second-order valence-electron chi connectivity index (χ2n) is 4.85. The maximum absolute atomic E-state index is 12.8. The van der Waals surface area contributed by atoms with E-state index >= 15 is 0 Å². The van der Waals surface area contributed by atoms with Crippen LogP contribution >= 0.6 is 11.6 Å². The van der Waals surface area contributed by atoms with Gasteiger partial charge in [0.25, 0.3) is 0 Å². The van der Waals surface area contributed by atoms with Crippen LogP contribution in [0, 0.1) is 0 Å². The summed E-state index contributed by atoms with van der Waals surface area (Å²) < 4.78 is 5.27. The Morgan fingerprint density at radius 3 is 3.05 bits per heavy atom. The number of ketones is 1. The third-order valence-corrected chi connectivity index (χ3v) is 3.94. The van der Waals surface area contributed by atoms with E-state index in [-0.39, 0.29) is 11.7 Å². The van der Waals surface area contributed by atoms with E-state index in [1.54, 1.807) is 31.5 Å². The van der Waals surface area contributed by atoms with Crippen molar-refractivity contribution in [2.75, 3.05) is 7.11 Å². The Kier molecular flexibility index (Phi) is 3.45. The highest BCUT2D eigenvalue weighted by atomic mass is 35.5. The van der Waals surface area contributed by atoms with Gasteiger partial charge in [-0.25, -0.2) is 0 Å². The molecule has 1 aromatic carbocycles. The third kappa shape index (κ3) is 2.18. The number of methoxy groups -OCH3 is 1. The van der Waals surface area contributed by atoms with E-state index in [2.05, 4.69) is 4.98 Å². The van der Waals surface area contributed by atoms with E-state index in [9.17, 15) is 4.79 Å². The van der Waals surface area contributed by atoms with Crippen LogP contribution in [0.4, 0.5) is 0 Å². The molecule has 0 radical (unpaired) electrons. The van der Waals surface area contributed by atoms with Crippen molar-refractivity contribution in [3.05, 3.63) is 58.4 Å². The molecular formula is C16H14ClNO2. The smallest absolute Gasteiger partial charge is 0.175 e. The number of benzene rings is 1. The molecule has 1 unspecified atom stereocenters. The minimum absolute atomic E-state index is 0.0294. The molecule has 0 bridgehead atoms. The Morgan fingerprint density at radius 2 is 2.25 bits per heavy atom. The van der Waals surface area contributed by atoms with Crippen LogP contribution in [0.5, 0.6) is 5.75 Å². The largest absolute Gasteiger partial charge is 0.496 e.